The molecule has 0 aliphatic carbocycles. The van der Waals surface area contributed by atoms with Crippen molar-refractivity contribution in [3.05, 3.63) is 30.0 Å². The van der Waals surface area contributed by atoms with Gasteiger partial charge in [-0.25, -0.2) is 0 Å². The molecule has 0 bridgehead atoms. The highest BCUT2D eigenvalue weighted by atomic mass is 35.5. The maximum absolute atomic E-state index is 11.8. The summed E-state index contributed by atoms with van der Waals surface area (Å²) >= 11 is 5.80. The van der Waals surface area contributed by atoms with Crippen LogP contribution in [0.4, 0.5) is 0 Å². The summed E-state index contributed by atoms with van der Waals surface area (Å²) in [6.07, 6.45) is 1.69. The Bertz CT molecular complexity index is 531. The number of fused-ring (bicyclic) bond motifs is 1. The first kappa shape index (κ1) is 11.0. The molecule has 4 heteroatoms. The van der Waals surface area contributed by atoms with Crippen LogP contribution < -0.4 is 4.74 Å². The second kappa shape index (κ2) is 4.18. The van der Waals surface area contributed by atoms with Crippen LogP contribution in [0.1, 0.15) is 17.3 Å². The van der Waals surface area contributed by atoms with Crippen LogP contribution in [0.3, 0.4) is 0 Å². The number of methoxy groups -OCH3 is 1. The van der Waals surface area contributed by atoms with E-state index >= 15 is 0 Å². The molecule has 0 aliphatic rings. The maximum Gasteiger partial charge on any atom is 0.182 e. The second-order valence-corrected chi connectivity index (χ2v) is 4.25. The number of benzene rings is 1. The first-order valence-corrected chi connectivity index (χ1v) is 5.40. The fraction of sp³-hybridized carbons (Fsp3) is 0.250. The predicted molar refractivity (Wildman–Crippen MR) is 64.5 cm³/mol. The van der Waals surface area contributed by atoms with Gasteiger partial charge in [-0.2, -0.15) is 0 Å². The van der Waals surface area contributed by atoms with E-state index < -0.39 is 5.38 Å². The molecule has 0 aliphatic heterocycles. The van der Waals surface area contributed by atoms with E-state index in [1.165, 1.54) is 0 Å². The first-order chi connectivity index (χ1) is 7.63. The third kappa shape index (κ3) is 1.78. The number of ketones is 1. The molecule has 1 aromatic heterocycles. The Morgan fingerprint density at radius 3 is 2.88 bits per heavy atom. The topological polar surface area (TPSA) is 42.1 Å². The molecule has 1 atom stereocenters. The summed E-state index contributed by atoms with van der Waals surface area (Å²) in [5.74, 6) is 0.643. The number of aromatic nitrogens is 1. The fourth-order valence-corrected chi connectivity index (χ4v) is 1.76. The van der Waals surface area contributed by atoms with Crippen molar-refractivity contribution in [2.45, 2.75) is 12.3 Å². The van der Waals surface area contributed by atoms with Gasteiger partial charge in [0.05, 0.1) is 12.5 Å². The quantitative estimate of drug-likeness (QED) is 0.659. The number of alkyl halides is 1. The average molecular weight is 238 g/mol. The molecule has 1 N–H and O–H groups in total. The van der Waals surface area contributed by atoms with Gasteiger partial charge in [-0.3, -0.25) is 4.79 Å². The zero-order chi connectivity index (χ0) is 11.7. The lowest BCUT2D eigenvalue weighted by Gasteiger charge is -2.02. The summed E-state index contributed by atoms with van der Waals surface area (Å²) in [5.41, 5.74) is 1.51. The molecule has 0 saturated heterocycles. The number of nitrogens with one attached hydrogen (secondary N) is 1. The zero-order valence-electron chi connectivity index (χ0n) is 9.08. The Labute approximate surface area is 98.4 Å². The summed E-state index contributed by atoms with van der Waals surface area (Å²) in [6, 6.07) is 5.55. The normalized spacial score (nSPS) is 12.7. The van der Waals surface area contributed by atoms with Gasteiger partial charge in [-0.05, 0) is 25.1 Å². The molecular formula is C12H12ClNO2. The van der Waals surface area contributed by atoms with Crippen LogP contribution in [0.2, 0.25) is 0 Å². The molecule has 0 saturated carbocycles. The van der Waals surface area contributed by atoms with Crippen LogP contribution >= 0.6 is 11.6 Å². The molecule has 2 rings (SSSR count). The van der Waals surface area contributed by atoms with E-state index in [2.05, 4.69) is 4.98 Å². The van der Waals surface area contributed by atoms with E-state index in [0.29, 0.717) is 5.56 Å². The molecule has 0 amide bonds. The lowest BCUT2D eigenvalue weighted by Crippen LogP contribution is -2.09. The molecule has 1 heterocycles. The Morgan fingerprint density at radius 1 is 1.50 bits per heavy atom. The second-order valence-electron chi connectivity index (χ2n) is 3.59. The first-order valence-electron chi connectivity index (χ1n) is 4.97. The lowest BCUT2D eigenvalue weighted by atomic mass is 10.1. The molecule has 1 unspecified atom stereocenters. The number of halogens is 1. The number of H-pyrrole nitrogens is 1. The number of aromatic amines is 1. The van der Waals surface area contributed by atoms with E-state index in [1.807, 2.05) is 18.2 Å². The monoisotopic (exact) mass is 237 g/mol. The molecule has 3 nitrogen and oxygen atoms in total. The molecule has 0 fully saturated rings. The van der Waals surface area contributed by atoms with E-state index in [4.69, 9.17) is 16.3 Å². The van der Waals surface area contributed by atoms with Gasteiger partial charge in [0, 0.05) is 22.7 Å². The zero-order valence-corrected chi connectivity index (χ0v) is 9.84. The maximum atomic E-state index is 11.8. The van der Waals surface area contributed by atoms with E-state index in [1.54, 1.807) is 20.2 Å². The summed E-state index contributed by atoms with van der Waals surface area (Å²) in [5, 5.41) is 0.321. The van der Waals surface area contributed by atoms with Crippen molar-refractivity contribution in [2.24, 2.45) is 0 Å². The Balaban J connectivity index is 2.58. The molecular weight excluding hydrogens is 226 g/mol. The van der Waals surface area contributed by atoms with Gasteiger partial charge in [-0.15, -0.1) is 11.6 Å². The third-order valence-corrected chi connectivity index (χ3v) is 2.71. The van der Waals surface area contributed by atoms with Crippen LogP contribution in [0.5, 0.6) is 5.75 Å². The lowest BCUT2D eigenvalue weighted by molar-refractivity contribution is 0.0993. The van der Waals surface area contributed by atoms with Gasteiger partial charge in [0.25, 0.3) is 0 Å². The van der Waals surface area contributed by atoms with Crippen molar-refractivity contribution in [1.29, 1.82) is 0 Å². The molecule has 2 aromatic rings. The highest BCUT2D eigenvalue weighted by molar-refractivity contribution is 6.35. The largest absolute Gasteiger partial charge is 0.497 e. The summed E-state index contributed by atoms with van der Waals surface area (Å²) in [4.78, 5) is 14.9. The van der Waals surface area contributed by atoms with Gasteiger partial charge < -0.3 is 9.72 Å². The summed E-state index contributed by atoms with van der Waals surface area (Å²) < 4.78 is 5.13. The molecule has 16 heavy (non-hydrogen) atoms. The minimum absolute atomic E-state index is 0.0823. The minimum Gasteiger partial charge on any atom is -0.497 e. The summed E-state index contributed by atoms with van der Waals surface area (Å²) in [7, 11) is 1.60. The van der Waals surface area contributed by atoms with Gasteiger partial charge in [0.1, 0.15) is 5.75 Å². The van der Waals surface area contributed by atoms with Gasteiger partial charge in [0.2, 0.25) is 0 Å². The molecule has 0 spiro atoms. The molecule has 1 aromatic carbocycles. The van der Waals surface area contributed by atoms with Crippen LogP contribution in [-0.4, -0.2) is 23.3 Å². The number of hydrogen-bond acceptors (Lipinski definition) is 2. The van der Waals surface area contributed by atoms with Crippen molar-refractivity contribution in [1.82, 2.24) is 4.98 Å². The van der Waals surface area contributed by atoms with Crippen molar-refractivity contribution in [3.8, 4) is 5.75 Å². The fourth-order valence-electron chi connectivity index (χ4n) is 1.64. The van der Waals surface area contributed by atoms with Gasteiger partial charge in [0.15, 0.2) is 5.78 Å². The number of hydrogen-bond donors (Lipinski definition) is 1. The Kier molecular flexibility index (Phi) is 2.88. The van der Waals surface area contributed by atoms with Crippen molar-refractivity contribution >= 4 is 28.3 Å². The third-order valence-electron chi connectivity index (χ3n) is 2.52. The molecule has 84 valence electrons. The molecule has 0 radical (unpaired) electrons. The van der Waals surface area contributed by atoms with Crippen molar-refractivity contribution in [2.75, 3.05) is 7.11 Å². The highest BCUT2D eigenvalue weighted by Crippen LogP contribution is 2.25. The number of ether oxygens (including phenoxy) is 1. The minimum atomic E-state index is -0.523. The average Bonchev–Trinajstić information content (AvgIpc) is 2.70. The SMILES string of the molecule is COc1ccc2[nH]cc(C(=O)C(C)Cl)c2c1. The van der Waals surface area contributed by atoms with Crippen LogP contribution in [0, 0.1) is 0 Å². The number of carbonyl (C=O) groups is 1. The Hall–Kier alpha value is -1.48. The predicted octanol–water partition coefficient (Wildman–Crippen LogP) is 2.99. The number of rotatable bonds is 3. The van der Waals surface area contributed by atoms with E-state index in [-0.39, 0.29) is 5.78 Å². The van der Waals surface area contributed by atoms with Crippen molar-refractivity contribution < 1.29 is 9.53 Å². The van der Waals surface area contributed by atoms with Crippen LogP contribution in [0.25, 0.3) is 10.9 Å². The van der Waals surface area contributed by atoms with Gasteiger partial charge >= 0.3 is 0 Å². The smallest absolute Gasteiger partial charge is 0.182 e. The standard InChI is InChI=1S/C12H12ClNO2/c1-7(13)12(15)10-6-14-11-4-3-8(16-2)5-9(10)11/h3-7,14H,1-2H3. The Morgan fingerprint density at radius 2 is 2.25 bits per heavy atom. The highest BCUT2D eigenvalue weighted by Gasteiger charge is 2.16. The van der Waals surface area contributed by atoms with Crippen molar-refractivity contribution in [3.63, 3.8) is 0 Å². The summed E-state index contributed by atoms with van der Waals surface area (Å²) in [6.45, 7) is 1.67. The number of Topliss-reactive ketones (excluding diaryl/α,β-unsaturated/α-hetero) is 1. The van der Waals surface area contributed by atoms with E-state index in [9.17, 15) is 4.79 Å². The number of carbonyl (C=O) groups excluding carboxylic acids is 1. The van der Waals surface area contributed by atoms with Gasteiger partial charge in [-0.1, -0.05) is 0 Å². The van der Waals surface area contributed by atoms with Crippen LogP contribution in [-0.2, 0) is 0 Å². The van der Waals surface area contributed by atoms with E-state index in [0.717, 1.165) is 16.7 Å². The van der Waals surface area contributed by atoms with Crippen LogP contribution in [0.15, 0.2) is 24.4 Å².